The number of ether oxygens (including phenoxy) is 1. The number of aromatic nitrogens is 2. The van der Waals surface area contributed by atoms with Gasteiger partial charge in [-0.25, -0.2) is 9.97 Å². The highest BCUT2D eigenvalue weighted by Crippen LogP contribution is 2.23. The van der Waals surface area contributed by atoms with Gasteiger partial charge in [-0.3, -0.25) is 4.79 Å². The fourth-order valence-corrected chi connectivity index (χ4v) is 3.92. The van der Waals surface area contributed by atoms with Gasteiger partial charge in [0.15, 0.2) is 0 Å². The average molecular weight is 432 g/mol. The van der Waals surface area contributed by atoms with E-state index in [1.807, 2.05) is 53.4 Å². The Kier molecular flexibility index (Phi) is 6.66. The number of anilines is 2. The number of nitrogens with zero attached hydrogens (tertiary/aromatic N) is 4. The van der Waals surface area contributed by atoms with Gasteiger partial charge in [0.2, 0.25) is 5.95 Å². The smallest absolute Gasteiger partial charge is 0.253 e. The number of carbonyl (C=O) groups is 1. The van der Waals surface area contributed by atoms with E-state index < -0.39 is 0 Å². The molecule has 2 aromatic carbocycles. The summed E-state index contributed by atoms with van der Waals surface area (Å²) in [6.07, 6.45) is 5.60. The first-order valence-electron chi connectivity index (χ1n) is 10.8. The molecule has 4 rings (SSSR count). The lowest BCUT2D eigenvalue weighted by molar-refractivity contribution is 0.0663. The van der Waals surface area contributed by atoms with Gasteiger partial charge in [0.1, 0.15) is 5.75 Å². The minimum absolute atomic E-state index is 0.0915. The molecule has 32 heavy (non-hydrogen) atoms. The van der Waals surface area contributed by atoms with E-state index in [0.29, 0.717) is 17.6 Å². The summed E-state index contributed by atoms with van der Waals surface area (Å²) >= 11 is 0. The van der Waals surface area contributed by atoms with E-state index in [2.05, 4.69) is 34.3 Å². The van der Waals surface area contributed by atoms with Gasteiger partial charge in [0.05, 0.1) is 7.11 Å². The SMILES string of the molecule is COc1ccc(-c2cnc(Nc3ccc(C(=O)N4CCC(N(C)C)CC4)cc3)nc2)cc1. The maximum Gasteiger partial charge on any atom is 0.253 e. The van der Waals surface area contributed by atoms with Crippen molar-refractivity contribution in [2.75, 3.05) is 39.6 Å². The van der Waals surface area contributed by atoms with Gasteiger partial charge < -0.3 is 19.9 Å². The third kappa shape index (κ3) is 5.06. The van der Waals surface area contributed by atoms with Crippen LogP contribution in [0.4, 0.5) is 11.6 Å². The van der Waals surface area contributed by atoms with Crippen molar-refractivity contribution in [1.82, 2.24) is 19.8 Å². The maximum absolute atomic E-state index is 12.8. The summed E-state index contributed by atoms with van der Waals surface area (Å²) in [6, 6.07) is 15.8. The largest absolute Gasteiger partial charge is 0.497 e. The van der Waals surface area contributed by atoms with E-state index in [1.165, 1.54) is 0 Å². The average Bonchev–Trinajstić information content (AvgIpc) is 2.85. The second-order valence-corrected chi connectivity index (χ2v) is 8.21. The van der Waals surface area contributed by atoms with E-state index in [9.17, 15) is 4.79 Å². The zero-order chi connectivity index (χ0) is 22.5. The normalized spacial score (nSPS) is 14.4. The lowest BCUT2D eigenvalue weighted by Crippen LogP contribution is -2.44. The number of rotatable bonds is 6. The molecule has 0 aliphatic carbocycles. The molecule has 7 heteroatoms. The van der Waals surface area contributed by atoms with Gasteiger partial charge in [0.25, 0.3) is 5.91 Å². The molecule has 0 unspecified atom stereocenters. The second kappa shape index (κ2) is 9.78. The minimum Gasteiger partial charge on any atom is -0.497 e. The van der Waals surface area contributed by atoms with Crippen LogP contribution in [0.2, 0.25) is 0 Å². The van der Waals surface area contributed by atoms with Gasteiger partial charge in [-0.2, -0.15) is 0 Å². The molecule has 0 radical (unpaired) electrons. The Hall–Kier alpha value is -3.45. The highest BCUT2D eigenvalue weighted by molar-refractivity contribution is 5.94. The molecule has 0 spiro atoms. The third-order valence-electron chi connectivity index (χ3n) is 5.95. The molecule has 7 nitrogen and oxygen atoms in total. The maximum atomic E-state index is 12.8. The molecule has 1 amide bonds. The first-order valence-corrected chi connectivity index (χ1v) is 10.8. The van der Waals surface area contributed by atoms with E-state index in [0.717, 1.165) is 48.5 Å². The summed E-state index contributed by atoms with van der Waals surface area (Å²) in [7, 11) is 5.85. The highest BCUT2D eigenvalue weighted by Gasteiger charge is 2.24. The Balaban J connectivity index is 1.35. The summed E-state index contributed by atoms with van der Waals surface area (Å²) in [5.41, 5.74) is 3.49. The molecule has 1 saturated heterocycles. The molecule has 1 aliphatic heterocycles. The van der Waals surface area contributed by atoms with E-state index in [1.54, 1.807) is 19.5 Å². The summed E-state index contributed by atoms with van der Waals surface area (Å²) in [6.45, 7) is 1.60. The molecule has 166 valence electrons. The molecule has 1 aliphatic rings. The molecule has 1 N–H and O–H groups in total. The van der Waals surface area contributed by atoms with Crippen molar-refractivity contribution >= 4 is 17.5 Å². The lowest BCUT2D eigenvalue weighted by atomic mass is 10.0. The van der Waals surface area contributed by atoms with Gasteiger partial charge in [-0.05, 0) is 68.9 Å². The van der Waals surface area contributed by atoms with Crippen LogP contribution in [0.5, 0.6) is 5.75 Å². The Labute approximate surface area is 189 Å². The summed E-state index contributed by atoms with van der Waals surface area (Å²) in [5.74, 6) is 1.41. The Morgan fingerprint density at radius 1 is 0.969 bits per heavy atom. The fraction of sp³-hybridized carbons (Fsp3) is 0.320. The highest BCUT2D eigenvalue weighted by atomic mass is 16.5. The van der Waals surface area contributed by atoms with E-state index in [-0.39, 0.29) is 5.91 Å². The third-order valence-corrected chi connectivity index (χ3v) is 5.95. The van der Waals surface area contributed by atoms with Crippen molar-refractivity contribution in [3.8, 4) is 16.9 Å². The number of hydrogen-bond acceptors (Lipinski definition) is 6. The number of nitrogens with one attached hydrogen (secondary N) is 1. The Bertz CT molecular complexity index is 1030. The number of likely N-dealkylation sites (tertiary alicyclic amines) is 1. The minimum atomic E-state index is 0.0915. The van der Waals surface area contributed by atoms with Crippen molar-refractivity contribution in [2.45, 2.75) is 18.9 Å². The number of methoxy groups -OCH3 is 1. The fourth-order valence-electron chi connectivity index (χ4n) is 3.92. The van der Waals surface area contributed by atoms with Crippen LogP contribution in [0.15, 0.2) is 60.9 Å². The van der Waals surface area contributed by atoms with Crippen LogP contribution in [0.3, 0.4) is 0 Å². The molecule has 0 bridgehead atoms. The molecule has 3 aromatic rings. The zero-order valence-corrected chi connectivity index (χ0v) is 18.8. The monoisotopic (exact) mass is 431 g/mol. The van der Waals surface area contributed by atoms with Crippen molar-refractivity contribution in [3.63, 3.8) is 0 Å². The summed E-state index contributed by atoms with van der Waals surface area (Å²) in [4.78, 5) is 25.8. The molecule has 2 heterocycles. The molecule has 0 saturated carbocycles. The molecule has 0 atom stereocenters. The van der Waals surface area contributed by atoms with Crippen molar-refractivity contribution in [1.29, 1.82) is 0 Å². The van der Waals surface area contributed by atoms with Crippen LogP contribution in [0.1, 0.15) is 23.2 Å². The summed E-state index contributed by atoms with van der Waals surface area (Å²) in [5, 5.41) is 3.19. The quantitative estimate of drug-likeness (QED) is 0.635. The van der Waals surface area contributed by atoms with Crippen LogP contribution >= 0.6 is 0 Å². The Morgan fingerprint density at radius 2 is 1.59 bits per heavy atom. The molecule has 1 aromatic heterocycles. The number of carbonyl (C=O) groups excluding carboxylic acids is 1. The first-order chi connectivity index (χ1) is 15.5. The van der Waals surface area contributed by atoms with Gasteiger partial charge in [-0.1, -0.05) is 12.1 Å². The predicted molar refractivity (Wildman–Crippen MR) is 126 cm³/mol. The van der Waals surface area contributed by atoms with Crippen LogP contribution in [0.25, 0.3) is 11.1 Å². The van der Waals surface area contributed by atoms with Crippen LogP contribution in [0, 0.1) is 0 Å². The zero-order valence-electron chi connectivity index (χ0n) is 18.8. The standard InChI is InChI=1S/C25H29N5O2/c1-29(2)22-12-14-30(15-13-22)24(31)19-4-8-21(9-5-19)28-25-26-16-20(17-27-25)18-6-10-23(32-3)11-7-18/h4-11,16-17,22H,12-15H2,1-3H3,(H,26,27,28). The second-order valence-electron chi connectivity index (χ2n) is 8.21. The van der Waals surface area contributed by atoms with Crippen molar-refractivity contribution in [2.24, 2.45) is 0 Å². The molecular formula is C25H29N5O2. The Morgan fingerprint density at radius 3 is 2.16 bits per heavy atom. The lowest BCUT2D eigenvalue weighted by Gasteiger charge is -2.35. The van der Waals surface area contributed by atoms with Crippen LogP contribution in [-0.4, -0.2) is 66.0 Å². The number of benzene rings is 2. The topological polar surface area (TPSA) is 70.6 Å². The molecular weight excluding hydrogens is 402 g/mol. The number of piperidine rings is 1. The van der Waals surface area contributed by atoms with Gasteiger partial charge in [0, 0.05) is 48.3 Å². The van der Waals surface area contributed by atoms with Crippen LogP contribution < -0.4 is 10.1 Å². The molecule has 1 fully saturated rings. The van der Waals surface area contributed by atoms with E-state index in [4.69, 9.17) is 4.74 Å². The van der Waals surface area contributed by atoms with Crippen molar-refractivity contribution < 1.29 is 9.53 Å². The number of amides is 1. The van der Waals surface area contributed by atoms with Crippen LogP contribution in [-0.2, 0) is 0 Å². The van der Waals surface area contributed by atoms with Crippen molar-refractivity contribution in [3.05, 3.63) is 66.5 Å². The van der Waals surface area contributed by atoms with Gasteiger partial charge in [-0.15, -0.1) is 0 Å². The number of hydrogen-bond donors (Lipinski definition) is 1. The predicted octanol–water partition coefficient (Wildman–Crippen LogP) is 4.06. The first kappa shape index (κ1) is 21.8. The van der Waals surface area contributed by atoms with E-state index >= 15 is 0 Å². The summed E-state index contributed by atoms with van der Waals surface area (Å²) < 4.78 is 5.19. The van der Waals surface area contributed by atoms with Gasteiger partial charge >= 0.3 is 0 Å².